The minimum Gasteiger partial charge on any atom is -0.358 e. The molecule has 118 valence electrons. The average molecular weight is 395 g/mol. The van der Waals surface area contributed by atoms with Gasteiger partial charge in [0.25, 0.3) is 0 Å². The highest BCUT2D eigenvalue weighted by Gasteiger charge is 2.22. The van der Waals surface area contributed by atoms with Crippen molar-refractivity contribution in [3.8, 4) is 0 Å². The maximum atomic E-state index is 5.92. The predicted octanol–water partition coefficient (Wildman–Crippen LogP) is 4.29. The number of benzene rings is 1. The van der Waals surface area contributed by atoms with Crippen molar-refractivity contribution in [2.24, 2.45) is 0 Å². The Morgan fingerprint density at radius 2 is 2.09 bits per heavy atom. The monoisotopic (exact) mass is 393 g/mol. The molecule has 1 unspecified atom stereocenters. The van der Waals surface area contributed by atoms with Crippen LogP contribution in [0.25, 0.3) is 11.2 Å². The summed E-state index contributed by atoms with van der Waals surface area (Å²) in [7, 11) is 0. The number of nitrogens with zero attached hydrogens (tertiary/aromatic N) is 4. The van der Waals surface area contributed by atoms with Gasteiger partial charge in [0, 0.05) is 17.3 Å². The molecular formula is C15H13BrClN5O. The Kier molecular flexibility index (Phi) is 3.92. The second kappa shape index (κ2) is 6.07. The Morgan fingerprint density at radius 3 is 2.83 bits per heavy atom. The van der Waals surface area contributed by atoms with Crippen molar-refractivity contribution in [3.63, 3.8) is 0 Å². The molecule has 0 spiro atoms. The number of fused-ring (bicyclic) bond motifs is 1. The molecule has 4 rings (SSSR count). The molecule has 0 aliphatic carbocycles. The minimum atomic E-state index is -0.00909. The van der Waals surface area contributed by atoms with Gasteiger partial charge in [0.1, 0.15) is 6.23 Å². The number of aromatic nitrogens is 4. The third-order valence-corrected chi connectivity index (χ3v) is 4.32. The second-order valence-corrected chi connectivity index (χ2v) is 6.41. The van der Waals surface area contributed by atoms with Gasteiger partial charge in [-0.05, 0) is 53.0 Å². The fourth-order valence-corrected chi connectivity index (χ4v) is 3.11. The molecule has 0 radical (unpaired) electrons. The molecule has 1 aliphatic heterocycles. The van der Waals surface area contributed by atoms with E-state index in [0.29, 0.717) is 21.1 Å². The van der Waals surface area contributed by atoms with Crippen LogP contribution >= 0.6 is 27.5 Å². The largest absolute Gasteiger partial charge is 0.358 e. The van der Waals surface area contributed by atoms with Gasteiger partial charge in [-0.3, -0.25) is 4.57 Å². The first-order chi connectivity index (χ1) is 11.2. The first-order valence-corrected chi connectivity index (χ1v) is 8.42. The van der Waals surface area contributed by atoms with Gasteiger partial charge in [0.2, 0.25) is 4.73 Å². The van der Waals surface area contributed by atoms with E-state index in [1.165, 1.54) is 0 Å². The smallest absolute Gasteiger partial charge is 0.200 e. The molecular weight excluding hydrogens is 382 g/mol. The summed E-state index contributed by atoms with van der Waals surface area (Å²) in [6.45, 7) is 0.770. The molecule has 1 N–H and O–H groups in total. The number of hydrogen-bond acceptors (Lipinski definition) is 5. The lowest BCUT2D eigenvalue weighted by atomic mass is 10.3. The van der Waals surface area contributed by atoms with E-state index in [9.17, 15) is 0 Å². The zero-order chi connectivity index (χ0) is 15.8. The Morgan fingerprint density at radius 1 is 1.26 bits per heavy atom. The van der Waals surface area contributed by atoms with Crippen molar-refractivity contribution in [1.82, 2.24) is 19.5 Å². The summed E-state index contributed by atoms with van der Waals surface area (Å²) in [5.74, 6) is 0.640. The molecule has 1 atom stereocenters. The average Bonchev–Trinajstić information content (AvgIpc) is 3.18. The summed E-state index contributed by atoms with van der Waals surface area (Å²) in [5, 5.41) is 3.95. The van der Waals surface area contributed by atoms with Crippen LogP contribution in [0.15, 0.2) is 35.3 Å². The maximum Gasteiger partial charge on any atom is 0.200 e. The molecule has 3 heterocycles. The number of halogens is 2. The molecule has 2 aromatic heterocycles. The van der Waals surface area contributed by atoms with Crippen LogP contribution in [0, 0.1) is 0 Å². The van der Waals surface area contributed by atoms with Gasteiger partial charge in [0.15, 0.2) is 17.0 Å². The van der Waals surface area contributed by atoms with Crippen molar-refractivity contribution in [1.29, 1.82) is 0 Å². The van der Waals surface area contributed by atoms with Gasteiger partial charge < -0.3 is 10.1 Å². The first-order valence-electron chi connectivity index (χ1n) is 7.25. The van der Waals surface area contributed by atoms with Crippen molar-refractivity contribution in [2.45, 2.75) is 19.1 Å². The molecule has 0 saturated carbocycles. The van der Waals surface area contributed by atoms with Gasteiger partial charge in [-0.15, -0.1) is 0 Å². The molecule has 6 nitrogen and oxygen atoms in total. The zero-order valence-corrected chi connectivity index (χ0v) is 14.4. The highest BCUT2D eigenvalue weighted by atomic mass is 79.9. The fraction of sp³-hybridized carbons (Fsp3) is 0.267. The topological polar surface area (TPSA) is 64.9 Å². The molecule has 1 aliphatic rings. The van der Waals surface area contributed by atoms with Crippen LogP contribution < -0.4 is 5.32 Å². The number of rotatable bonds is 3. The molecule has 0 bridgehead atoms. The van der Waals surface area contributed by atoms with Gasteiger partial charge >= 0.3 is 0 Å². The Balaban J connectivity index is 1.75. The van der Waals surface area contributed by atoms with Crippen LogP contribution in [-0.4, -0.2) is 26.1 Å². The highest BCUT2D eigenvalue weighted by Crippen LogP contribution is 2.30. The van der Waals surface area contributed by atoms with Gasteiger partial charge in [-0.25, -0.2) is 15.0 Å². The van der Waals surface area contributed by atoms with Gasteiger partial charge in [-0.2, -0.15) is 0 Å². The number of hydrogen-bond donors (Lipinski definition) is 1. The van der Waals surface area contributed by atoms with Crippen LogP contribution in [-0.2, 0) is 4.74 Å². The van der Waals surface area contributed by atoms with Crippen LogP contribution in [0.3, 0.4) is 0 Å². The lowest BCUT2D eigenvalue weighted by Crippen LogP contribution is -2.07. The lowest BCUT2D eigenvalue weighted by molar-refractivity contribution is 0.0592. The fourth-order valence-electron chi connectivity index (χ4n) is 2.64. The zero-order valence-electron chi connectivity index (χ0n) is 12.0. The Labute approximate surface area is 146 Å². The quantitative estimate of drug-likeness (QED) is 0.671. The van der Waals surface area contributed by atoms with E-state index in [2.05, 4.69) is 36.2 Å². The Hall–Kier alpha value is -1.70. The van der Waals surface area contributed by atoms with Crippen LogP contribution in [0.5, 0.6) is 0 Å². The highest BCUT2D eigenvalue weighted by molar-refractivity contribution is 9.10. The first kappa shape index (κ1) is 14.9. The summed E-state index contributed by atoms with van der Waals surface area (Å²) in [6.07, 6.45) is 3.76. The van der Waals surface area contributed by atoms with Crippen molar-refractivity contribution in [3.05, 3.63) is 40.3 Å². The summed E-state index contributed by atoms with van der Waals surface area (Å²) in [4.78, 5) is 13.3. The molecule has 1 saturated heterocycles. The SMILES string of the molecule is Clc1ccc(Nc2nc(Br)nc3c2ncn3C2CCCO2)cc1. The summed E-state index contributed by atoms with van der Waals surface area (Å²) in [6, 6.07) is 7.42. The van der Waals surface area contributed by atoms with Crippen molar-refractivity contribution in [2.75, 3.05) is 11.9 Å². The molecule has 1 fully saturated rings. The Bertz CT molecular complexity index is 845. The number of ether oxygens (including phenoxy) is 1. The number of nitrogens with one attached hydrogen (secondary N) is 1. The van der Waals surface area contributed by atoms with Crippen molar-refractivity contribution >= 4 is 50.2 Å². The number of anilines is 2. The summed E-state index contributed by atoms with van der Waals surface area (Å²) in [5.41, 5.74) is 2.34. The van der Waals surface area contributed by atoms with E-state index in [-0.39, 0.29) is 6.23 Å². The lowest BCUT2D eigenvalue weighted by Gasteiger charge is -2.12. The van der Waals surface area contributed by atoms with Crippen LogP contribution in [0.4, 0.5) is 11.5 Å². The third kappa shape index (κ3) is 2.91. The standard InChI is InChI=1S/C15H13BrClN5O/c16-15-20-13(19-10-5-3-9(17)4-6-10)12-14(21-15)22(8-18-12)11-2-1-7-23-11/h3-6,8,11H,1-2,7H2,(H,19,20,21). The van der Waals surface area contributed by atoms with E-state index in [1.807, 2.05) is 28.8 Å². The van der Waals surface area contributed by atoms with E-state index >= 15 is 0 Å². The second-order valence-electron chi connectivity index (χ2n) is 5.26. The van der Waals surface area contributed by atoms with E-state index in [1.54, 1.807) is 6.33 Å². The van der Waals surface area contributed by atoms with Crippen LogP contribution in [0.1, 0.15) is 19.1 Å². The molecule has 3 aromatic rings. The van der Waals surface area contributed by atoms with Gasteiger partial charge in [0.05, 0.1) is 6.33 Å². The normalized spacial score (nSPS) is 17.7. The van der Waals surface area contributed by atoms with E-state index < -0.39 is 0 Å². The van der Waals surface area contributed by atoms with E-state index in [0.717, 1.165) is 30.8 Å². The maximum absolute atomic E-state index is 5.92. The summed E-state index contributed by atoms with van der Waals surface area (Å²) < 4.78 is 8.19. The molecule has 1 aromatic carbocycles. The third-order valence-electron chi connectivity index (χ3n) is 3.72. The van der Waals surface area contributed by atoms with Crippen molar-refractivity contribution < 1.29 is 4.74 Å². The summed E-state index contributed by atoms with van der Waals surface area (Å²) >= 11 is 9.29. The van der Waals surface area contributed by atoms with Gasteiger partial charge in [-0.1, -0.05) is 11.6 Å². The minimum absolute atomic E-state index is 0.00909. The predicted molar refractivity (Wildman–Crippen MR) is 92.0 cm³/mol. The number of imidazole rings is 1. The molecule has 8 heteroatoms. The molecule has 0 amide bonds. The van der Waals surface area contributed by atoms with E-state index in [4.69, 9.17) is 16.3 Å². The molecule has 23 heavy (non-hydrogen) atoms. The van der Waals surface area contributed by atoms with Crippen LogP contribution in [0.2, 0.25) is 5.02 Å².